The molecule has 0 aliphatic heterocycles. The van der Waals surface area contributed by atoms with Crippen LogP contribution in [0, 0.1) is 11.8 Å². The Bertz CT molecular complexity index is 1050. The number of carbonyl (C=O) groups is 3. The number of hydrogen-bond acceptors (Lipinski definition) is 4. The van der Waals surface area contributed by atoms with Crippen molar-refractivity contribution in [3.63, 3.8) is 0 Å². The van der Waals surface area contributed by atoms with Gasteiger partial charge in [-0.05, 0) is 60.3 Å². The first-order chi connectivity index (χ1) is 16.5. The topological polar surface area (TPSA) is 105 Å². The average Bonchev–Trinajstić information content (AvgIpc) is 3.63. The van der Waals surface area contributed by atoms with Gasteiger partial charge in [0.15, 0.2) is 0 Å². The van der Waals surface area contributed by atoms with Crippen molar-refractivity contribution >= 4 is 18.0 Å². The van der Waals surface area contributed by atoms with Crippen LogP contribution >= 0.6 is 0 Å². The summed E-state index contributed by atoms with van der Waals surface area (Å²) >= 11 is 0. The second kappa shape index (κ2) is 9.49. The molecule has 5 rings (SSSR count). The Labute approximate surface area is 198 Å². The Kier molecular flexibility index (Phi) is 6.26. The first-order valence-corrected chi connectivity index (χ1v) is 12.2. The van der Waals surface area contributed by atoms with Gasteiger partial charge >= 0.3 is 12.1 Å². The molecule has 3 atom stereocenters. The third-order valence-corrected chi connectivity index (χ3v) is 7.37. The van der Waals surface area contributed by atoms with Gasteiger partial charge in [-0.3, -0.25) is 4.79 Å². The van der Waals surface area contributed by atoms with Crippen LogP contribution < -0.4 is 10.6 Å². The van der Waals surface area contributed by atoms with Gasteiger partial charge in [0, 0.05) is 17.9 Å². The Balaban J connectivity index is 1.15. The number of carboxylic acids is 1. The van der Waals surface area contributed by atoms with Crippen LogP contribution in [0.3, 0.4) is 0 Å². The monoisotopic (exact) mass is 462 g/mol. The lowest BCUT2D eigenvalue weighted by molar-refractivity contribution is -0.143. The highest BCUT2D eigenvalue weighted by Crippen LogP contribution is 2.44. The molecular weight excluding hydrogens is 432 g/mol. The number of hydrogen-bond donors (Lipinski definition) is 3. The van der Waals surface area contributed by atoms with Gasteiger partial charge in [0.05, 0.1) is 0 Å². The van der Waals surface area contributed by atoms with E-state index in [2.05, 4.69) is 34.9 Å². The summed E-state index contributed by atoms with van der Waals surface area (Å²) in [5.74, 6) is -1.45. The van der Waals surface area contributed by atoms with E-state index in [0.717, 1.165) is 36.8 Å². The zero-order valence-corrected chi connectivity index (χ0v) is 19.0. The van der Waals surface area contributed by atoms with Gasteiger partial charge in [-0.25, -0.2) is 9.59 Å². The molecule has 2 fully saturated rings. The van der Waals surface area contributed by atoms with E-state index in [9.17, 15) is 19.5 Å². The number of nitrogens with one attached hydrogen (secondary N) is 2. The number of fused-ring (bicyclic) bond motifs is 3. The first kappa shape index (κ1) is 22.4. The number of aliphatic carboxylic acids is 1. The molecule has 7 nitrogen and oxygen atoms in total. The zero-order valence-electron chi connectivity index (χ0n) is 19.0. The van der Waals surface area contributed by atoms with Crippen LogP contribution in [0.25, 0.3) is 11.1 Å². The lowest BCUT2D eigenvalue weighted by Gasteiger charge is -2.29. The maximum absolute atomic E-state index is 12.7. The highest BCUT2D eigenvalue weighted by molar-refractivity contribution is 5.85. The summed E-state index contributed by atoms with van der Waals surface area (Å²) in [4.78, 5) is 36.8. The van der Waals surface area contributed by atoms with Gasteiger partial charge in [-0.15, -0.1) is 0 Å². The molecule has 2 aromatic carbocycles. The number of carboxylic acid groups (broad SMARTS) is 1. The van der Waals surface area contributed by atoms with Crippen molar-refractivity contribution < 1.29 is 24.2 Å². The number of amides is 2. The highest BCUT2D eigenvalue weighted by Gasteiger charge is 2.39. The second-order valence-corrected chi connectivity index (χ2v) is 9.69. The highest BCUT2D eigenvalue weighted by atomic mass is 16.5. The minimum Gasteiger partial charge on any atom is -0.480 e. The van der Waals surface area contributed by atoms with Crippen LogP contribution in [0.2, 0.25) is 0 Å². The first-order valence-electron chi connectivity index (χ1n) is 12.2. The van der Waals surface area contributed by atoms with Crippen molar-refractivity contribution in [2.45, 2.75) is 56.5 Å². The Morgan fingerprint density at radius 3 is 2.21 bits per heavy atom. The molecule has 0 spiro atoms. The predicted octanol–water partition coefficient (Wildman–Crippen LogP) is 4.06. The van der Waals surface area contributed by atoms with Gasteiger partial charge < -0.3 is 20.5 Å². The molecule has 3 N–H and O–H groups in total. The Hall–Kier alpha value is -3.35. The van der Waals surface area contributed by atoms with Crippen LogP contribution in [0.15, 0.2) is 48.5 Å². The molecule has 0 saturated heterocycles. The molecule has 178 valence electrons. The average molecular weight is 463 g/mol. The molecule has 2 saturated carbocycles. The summed E-state index contributed by atoms with van der Waals surface area (Å²) in [7, 11) is 0. The Morgan fingerprint density at radius 1 is 0.941 bits per heavy atom. The molecule has 34 heavy (non-hydrogen) atoms. The fourth-order valence-corrected chi connectivity index (χ4v) is 5.45. The van der Waals surface area contributed by atoms with Crippen molar-refractivity contribution in [1.82, 2.24) is 10.6 Å². The van der Waals surface area contributed by atoms with Crippen molar-refractivity contribution in [1.29, 1.82) is 0 Å². The number of carbonyl (C=O) groups excluding carboxylic acids is 2. The van der Waals surface area contributed by atoms with E-state index in [4.69, 9.17) is 4.74 Å². The summed E-state index contributed by atoms with van der Waals surface area (Å²) in [6, 6.07) is 15.4. The third-order valence-electron chi connectivity index (χ3n) is 7.37. The molecule has 0 heterocycles. The molecule has 0 aromatic heterocycles. The summed E-state index contributed by atoms with van der Waals surface area (Å²) < 4.78 is 5.65. The normalized spacial score (nSPS) is 22.2. The Morgan fingerprint density at radius 2 is 1.59 bits per heavy atom. The lowest BCUT2D eigenvalue weighted by atomic mass is 9.85. The molecular formula is C27H30N2O5. The van der Waals surface area contributed by atoms with Crippen LogP contribution in [0.5, 0.6) is 0 Å². The summed E-state index contributed by atoms with van der Waals surface area (Å²) in [5.41, 5.74) is 4.68. The van der Waals surface area contributed by atoms with Gasteiger partial charge in [0.2, 0.25) is 5.91 Å². The molecule has 3 aliphatic rings. The van der Waals surface area contributed by atoms with Crippen LogP contribution in [-0.4, -0.2) is 41.8 Å². The van der Waals surface area contributed by atoms with E-state index < -0.39 is 18.1 Å². The third kappa shape index (κ3) is 4.65. The fraction of sp³-hybridized carbons (Fsp3) is 0.444. The molecule has 1 unspecified atom stereocenters. The maximum atomic E-state index is 12.7. The smallest absolute Gasteiger partial charge is 0.407 e. The van der Waals surface area contributed by atoms with Gasteiger partial charge in [0.1, 0.15) is 12.6 Å². The molecule has 2 amide bonds. The summed E-state index contributed by atoms with van der Waals surface area (Å²) in [6.45, 7) is 0.248. The van der Waals surface area contributed by atoms with E-state index in [1.54, 1.807) is 0 Å². The summed E-state index contributed by atoms with van der Waals surface area (Å²) in [6.07, 6.45) is 3.97. The van der Waals surface area contributed by atoms with Crippen molar-refractivity contribution in [3.8, 4) is 11.1 Å². The van der Waals surface area contributed by atoms with E-state index in [-0.39, 0.29) is 36.3 Å². The molecule has 0 bridgehead atoms. The maximum Gasteiger partial charge on any atom is 0.407 e. The molecule has 2 aromatic rings. The molecule has 7 heteroatoms. The van der Waals surface area contributed by atoms with E-state index in [1.165, 1.54) is 11.1 Å². The van der Waals surface area contributed by atoms with Crippen molar-refractivity contribution in [3.05, 3.63) is 59.7 Å². The predicted molar refractivity (Wildman–Crippen MR) is 126 cm³/mol. The van der Waals surface area contributed by atoms with E-state index in [1.807, 2.05) is 24.3 Å². The van der Waals surface area contributed by atoms with Crippen molar-refractivity contribution in [2.75, 3.05) is 6.61 Å². The molecule has 0 radical (unpaired) electrons. The van der Waals surface area contributed by atoms with E-state index >= 15 is 0 Å². The number of alkyl carbamates (subject to hydrolysis) is 1. The fourth-order valence-electron chi connectivity index (χ4n) is 5.45. The van der Waals surface area contributed by atoms with E-state index in [0.29, 0.717) is 12.8 Å². The van der Waals surface area contributed by atoms with Gasteiger partial charge in [0.25, 0.3) is 0 Å². The standard InChI is InChI=1S/C27H30N2O5/c30-25(29-24(26(31)32)16-12-13-16)17-6-5-7-18(14-17)28-27(33)34-15-23-21-10-3-1-8-19(21)20-9-2-4-11-22(20)23/h1-4,8-11,16-18,23-24H,5-7,12-15H2,(H,28,33)(H,29,30)(H,31,32)/t17-,18+,24?/m1/s1. The summed E-state index contributed by atoms with van der Waals surface area (Å²) in [5, 5.41) is 15.0. The van der Waals surface area contributed by atoms with Gasteiger partial charge in [-0.2, -0.15) is 0 Å². The number of ether oxygens (including phenoxy) is 1. The van der Waals surface area contributed by atoms with Crippen LogP contribution in [-0.2, 0) is 14.3 Å². The molecule has 3 aliphatic carbocycles. The minimum absolute atomic E-state index is 0.00147. The number of benzene rings is 2. The quantitative estimate of drug-likeness (QED) is 0.576. The lowest BCUT2D eigenvalue weighted by Crippen LogP contribution is -2.48. The second-order valence-electron chi connectivity index (χ2n) is 9.69. The minimum atomic E-state index is -0.972. The largest absolute Gasteiger partial charge is 0.480 e. The van der Waals surface area contributed by atoms with Crippen molar-refractivity contribution in [2.24, 2.45) is 11.8 Å². The number of rotatable bonds is 7. The van der Waals surface area contributed by atoms with Crippen LogP contribution in [0.4, 0.5) is 4.79 Å². The van der Waals surface area contributed by atoms with Crippen LogP contribution in [0.1, 0.15) is 55.6 Å². The van der Waals surface area contributed by atoms with Gasteiger partial charge in [-0.1, -0.05) is 55.0 Å². The SMILES string of the molecule is O=C(N[C@H]1CCC[C@@H](C(=O)NC(C(=O)O)C2CC2)C1)OCC1c2ccccc2-c2ccccc21. The zero-order chi connectivity index (χ0) is 23.7.